The molecule has 0 aromatic heterocycles. The van der Waals surface area contributed by atoms with Crippen molar-refractivity contribution < 1.29 is 13.2 Å². The highest BCUT2D eigenvalue weighted by atomic mass is 127. The number of halogens is 1. The van der Waals surface area contributed by atoms with Crippen LogP contribution in [0.1, 0.15) is 20.8 Å². The number of nitrogens with one attached hydrogen (secondary N) is 3. The molecule has 0 fully saturated rings. The van der Waals surface area contributed by atoms with Gasteiger partial charge in [-0.15, -0.1) is 24.0 Å². The Morgan fingerprint density at radius 2 is 2.00 bits per heavy atom. The maximum atomic E-state index is 11.2. The highest BCUT2D eigenvalue weighted by Crippen LogP contribution is 1.85. The van der Waals surface area contributed by atoms with E-state index in [0.717, 1.165) is 6.54 Å². The molecule has 3 N–H and O–H groups in total. The molecule has 0 aromatic carbocycles. The van der Waals surface area contributed by atoms with Crippen LogP contribution in [0.5, 0.6) is 0 Å². The van der Waals surface area contributed by atoms with Crippen LogP contribution in [0.4, 0.5) is 0 Å². The van der Waals surface area contributed by atoms with Gasteiger partial charge >= 0.3 is 0 Å². The SMILES string of the molecule is CCNC(=NCCNS(=O)(=O)CC)NC(C)COC.I. The third-order valence-electron chi connectivity index (χ3n) is 2.23. The van der Waals surface area contributed by atoms with Crippen molar-refractivity contribution in [2.45, 2.75) is 26.8 Å². The lowest BCUT2D eigenvalue weighted by Crippen LogP contribution is -2.44. The first kappa shape index (κ1) is 22.2. The van der Waals surface area contributed by atoms with E-state index in [0.29, 0.717) is 25.7 Å². The van der Waals surface area contributed by atoms with Crippen molar-refractivity contribution in [2.24, 2.45) is 4.99 Å². The lowest BCUT2D eigenvalue weighted by molar-refractivity contribution is 0.179. The summed E-state index contributed by atoms with van der Waals surface area (Å²) in [6.07, 6.45) is 0. The van der Waals surface area contributed by atoms with Gasteiger partial charge in [-0.1, -0.05) is 0 Å². The Labute approximate surface area is 139 Å². The second-order valence-electron chi connectivity index (χ2n) is 4.06. The van der Waals surface area contributed by atoms with E-state index in [-0.39, 0.29) is 35.8 Å². The van der Waals surface area contributed by atoms with Crippen molar-refractivity contribution in [2.75, 3.05) is 39.1 Å². The van der Waals surface area contributed by atoms with Gasteiger partial charge in [0.1, 0.15) is 0 Å². The summed E-state index contributed by atoms with van der Waals surface area (Å²) in [5, 5.41) is 6.26. The number of hydrogen-bond donors (Lipinski definition) is 3. The van der Waals surface area contributed by atoms with Crippen molar-refractivity contribution in [3.8, 4) is 0 Å². The van der Waals surface area contributed by atoms with Crippen LogP contribution >= 0.6 is 24.0 Å². The minimum Gasteiger partial charge on any atom is -0.383 e. The molecule has 0 aliphatic heterocycles. The molecule has 0 heterocycles. The van der Waals surface area contributed by atoms with Crippen LogP contribution in [0.25, 0.3) is 0 Å². The number of sulfonamides is 1. The molecule has 0 aliphatic rings. The highest BCUT2D eigenvalue weighted by Gasteiger charge is 2.06. The molecule has 0 bridgehead atoms. The van der Waals surface area contributed by atoms with Crippen LogP contribution in [-0.4, -0.2) is 59.5 Å². The Kier molecular flexibility index (Phi) is 14.0. The van der Waals surface area contributed by atoms with Crippen LogP contribution in [0.15, 0.2) is 4.99 Å². The van der Waals surface area contributed by atoms with Crippen molar-refractivity contribution in [3.05, 3.63) is 0 Å². The second-order valence-corrected chi connectivity index (χ2v) is 6.15. The molecule has 0 aromatic rings. The Morgan fingerprint density at radius 3 is 2.50 bits per heavy atom. The molecule has 9 heteroatoms. The predicted molar refractivity (Wildman–Crippen MR) is 93.3 cm³/mol. The van der Waals surface area contributed by atoms with E-state index in [1.807, 2.05) is 13.8 Å². The lowest BCUT2D eigenvalue weighted by Gasteiger charge is -2.17. The first-order chi connectivity index (χ1) is 8.95. The molecule has 0 saturated carbocycles. The van der Waals surface area contributed by atoms with Crippen molar-refractivity contribution in [1.82, 2.24) is 15.4 Å². The zero-order chi connectivity index (χ0) is 14.7. The summed E-state index contributed by atoms with van der Waals surface area (Å²) in [5.74, 6) is 0.739. The Bertz CT molecular complexity index is 363. The quantitative estimate of drug-likeness (QED) is 0.213. The summed E-state index contributed by atoms with van der Waals surface area (Å²) in [4.78, 5) is 4.28. The van der Waals surface area contributed by atoms with Crippen LogP contribution in [0.3, 0.4) is 0 Å². The van der Waals surface area contributed by atoms with Gasteiger partial charge in [0.25, 0.3) is 0 Å². The molecule has 0 rings (SSSR count). The van der Waals surface area contributed by atoms with E-state index in [4.69, 9.17) is 4.74 Å². The van der Waals surface area contributed by atoms with Crippen LogP contribution in [0, 0.1) is 0 Å². The third-order valence-corrected chi connectivity index (χ3v) is 3.63. The van der Waals surface area contributed by atoms with Gasteiger partial charge in [0, 0.05) is 26.2 Å². The summed E-state index contributed by atoms with van der Waals surface area (Å²) in [5.41, 5.74) is 0. The van der Waals surface area contributed by atoms with E-state index in [9.17, 15) is 8.42 Å². The minimum atomic E-state index is -3.14. The van der Waals surface area contributed by atoms with E-state index < -0.39 is 10.0 Å². The van der Waals surface area contributed by atoms with Crippen molar-refractivity contribution >= 4 is 40.0 Å². The molecule has 0 saturated heterocycles. The Hall–Kier alpha value is -0.130. The molecule has 122 valence electrons. The largest absolute Gasteiger partial charge is 0.383 e. The van der Waals surface area contributed by atoms with Gasteiger partial charge in [-0.25, -0.2) is 13.1 Å². The van der Waals surface area contributed by atoms with Crippen LogP contribution < -0.4 is 15.4 Å². The van der Waals surface area contributed by atoms with E-state index >= 15 is 0 Å². The standard InChI is InChI=1S/C11H26N4O3S.HI/c1-5-12-11(15-10(3)9-18-4)13-7-8-14-19(16,17)6-2;/h10,14H,5-9H2,1-4H3,(H2,12,13,15);1H. The zero-order valence-corrected chi connectivity index (χ0v) is 15.7. The van der Waals surface area contributed by atoms with Gasteiger partial charge in [0.05, 0.1) is 18.9 Å². The molecule has 0 aliphatic carbocycles. The van der Waals surface area contributed by atoms with Gasteiger partial charge < -0.3 is 15.4 Å². The van der Waals surface area contributed by atoms with Gasteiger partial charge in [0.15, 0.2) is 5.96 Å². The molecule has 20 heavy (non-hydrogen) atoms. The highest BCUT2D eigenvalue weighted by molar-refractivity contribution is 14.0. The average Bonchev–Trinajstić information content (AvgIpc) is 2.35. The summed E-state index contributed by atoms with van der Waals surface area (Å²) in [6, 6.07) is 0.134. The number of nitrogens with zero attached hydrogens (tertiary/aromatic N) is 1. The van der Waals surface area contributed by atoms with E-state index in [2.05, 4.69) is 20.3 Å². The monoisotopic (exact) mass is 422 g/mol. The van der Waals surface area contributed by atoms with Gasteiger partial charge in [-0.3, -0.25) is 4.99 Å². The van der Waals surface area contributed by atoms with Crippen molar-refractivity contribution in [1.29, 1.82) is 0 Å². The van der Waals surface area contributed by atoms with Crippen LogP contribution in [-0.2, 0) is 14.8 Å². The molecule has 0 radical (unpaired) electrons. The molecule has 7 nitrogen and oxygen atoms in total. The van der Waals surface area contributed by atoms with E-state index in [1.54, 1.807) is 14.0 Å². The van der Waals surface area contributed by atoms with Crippen LogP contribution in [0.2, 0.25) is 0 Å². The minimum absolute atomic E-state index is 0. The third kappa shape index (κ3) is 11.7. The Morgan fingerprint density at radius 1 is 1.35 bits per heavy atom. The molecule has 0 amide bonds. The summed E-state index contributed by atoms with van der Waals surface area (Å²) in [7, 11) is -1.50. The summed E-state index contributed by atoms with van der Waals surface area (Å²) in [6.45, 7) is 7.55. The van der Waals surface area contributed by atoms with Gasteiger partial charge in [0.2, 0.25) is 10.0 Å². The number of aliphatic imine (C=N–C) groups is 1. The topological polar surface area (TPSA) is 91.8 Å². The lowest BCUT2D eigenvalue weighted by atomic mass is 10.4. The fourth-order valence-electron chi connectivity index (χ4n) is 1.32. The number of ether oxygens (including phenoxy) is 1. The normalized spacial score (nSPS) is 13.5. The fraction of sp³-hybridized carbons (Fsp3) is 0.909. The van der Waals surface area contributed by atoms with Gasteiger partial charge in [-0.2, -0.15) is 0 Å². The molecule has 1 atom stereocenters. The maximum absolute atomic E-state index is 11.2. The first-order valence-corrected chi connectivity index (χ1v) is 8.11. The predicted octanol–water partition coefficient (Wildman–Crippen LogP) is 0.134. The van der Waals surface area contributed by atoms with Crippen molar-refractivity contribution in [3.63, 3.8) is 0 Å². The zero-order valence-electron chi connectivity index (χ0n) is 12.6. The number of guanidine groups is 1. The van der Waals surface area contributed by atoms with Gasteiger partial charge in [-0.05, 0) is 20.8 Å². The number of hydrogen-bond acceptors (Lipinski definition) is 4. The fourth-order valence-corrected chi connectivity index (χ4v) is 1.92. The van der Waals surface area contributed by atoms with E-state index in [1.165, 1.54) is 0 Å². The first-order valence-electron chi connectivity index (χ1n) is 6.46. The molecular weight excluding hydrogens is 395 g/mol. The average molecular weight is 422 g/mol. The summed E-state index contributed by atoms with van der Waals surface area (Å²) < 4.78 is 30.0. The maximum Gasteiger partial charge on any atom is 0.211 e. The molecule has 1 unspecified atom stereocenters. The smallest absolute Gasteiger partial charge is 0.211 e. The number of rotatable bonds is 9. The second kappa shape index (κ2) is 12.6. The molecule has 0 spiro atoms. The summed E-state index contributed by atoms with van der Waals surface area (Å²) >= 11 is 0. The number of methoxy groups -OCH3 is 1. The molecular formula is C11H27IN4O3S. The Balaban J connectivity index is 0.